The first-order valence-electron chi connectivity index (χ1n) is 4.81. The number of benzene rings is 1. The van der Waals surface area contributed by atoms with E-state index in [1.165, 1.54) is 0 Å². The highest BCUT2D eigenvalue weighted by Crippen LogP contribution is 2.12. The van der Waals surface area contributed by atoms with Crippen LogP contribution in [-0.4, -0.2) is 4.98 Å². The van der Waals surface area contributed by atoms with Crippen LogP contribution in [0, 0.1) is 11.3 Å². The quantitative estimate of drug-likeness (QED) is 0.761. The van der Waals surface area contributed by atoms with Gasteiger partial charge in [0.2, 0.25) is 0 Å². The van der Waals surface area contributed by atoms with Crippen molar-refractivity contribution in [3.05, 3.63) is 45.7 Å². The molecule has 0 saturated heterocycles. The van der Waals surface area contributed by atoms with Crippen molar-refractivity contribution in [2.24, 2.45) is 0 Å². The molecule has 0 spiro atoms. The van der Waals surface area contributed by atoms with Gasteiger partial charge in [0, 0.05) is 11.8 Å². The predicted molar refractivity (Wildman–Crippen MR) is 58.7 cm³/mol. The van der Waals surface area contributed by atoms with Gasteiger partial charge < -0.3 is 4.98 Å². The minimum atomic E-state index is -0.0854. The number of rotatable bonds is 1. The summed E-state index contributed by atoms with van der Waals surface area (Å²) in [7, 11) is 0. The lowest BCUT2D eigenvalue weighted by molar-refractivity contribution is 1.05. The SMILES string of the molecule is CCc1cc(=O)c2c(C#N)cccc2[nH]1. The van der Waals surface area contributed by atoms with Crippen LogP contribution in [-0.2, 0) is 6.42 Å². The van der Waals surface area contributed by atoms with E-state index in [1.54, 1.807) is 18.2 Å². The van der Waals surface area contributed by atoms with Crippen molar-refractivity contribution in [3.8, 4) is 6.07 Å². The zero-order chi connectivity index (χ0) is 10.8. The number of aromatic nitrogens is 1. The molecule has 2 aromatic rings. The van der Waals surface area contributed by atoms with E-state index in [-0.39, 0.29) is 5.43 Å². The molecule has 0 aliphatic carbocycles. The van der Waals surface area contributed by atoms with Crippen molar-refractivity contribution < 1.29 is 0 Å². The summed E-state index contributed by atoms with van der Waals surface area (Å²) in [4.78, 5) is 14.9. The first-order chi connectivity index (χ1) is 7.26. The van der Waals surface area contributed by atoms with Crippen molar-refractivity contribution in [3.63, 3.8) is 0 Å². The van der Waals surface area contributed by atoms with E-state index in [2.05, 4.69) is 4.98 Å². The second kappa shape index (κ2) is 3.58. The summed E-state index contributed by atoms with van der Waals surface area (Å²) in [6.45, 7) is 1.98. The van der Waals surface area contributed by atoms with Gasteiger partial charge in [0.15, 0.2) is 5.43 Å². The number of nitrogens with one attached hydrogen (secondary N) is 1. The van der Waals surface area contributed by atoms with Crippen molar-refractivity contribution >= 4 is 10.9 Å². The normalized spacial score (nSPS) is 10.1. The largest absolute Gasteiger partial charge is 0.358 e. The Morgan fingerprint density at radius 3 is 2.93 bits per heavy atom. The number of aryl methyl sites for hydroxylation is 1. The van der Waals surface area contributed by atoms with E-state index in [0.717, 1.165) is 17.6 Å². The van der Waals surface area contributed by atoms with E-state index in [0.29, 0.717) is 10.9 Å². The molecule has 0 radical (unpaired) electrons. The molecule has 0 fully saturated rings. The van der Waals surface area contributed by atoms with Crippen molar-refractivity contribution in [1.82, 2.24) is 4.98 Å². The van der Waals surface area contributed by atoms with E-state index in [9.17, 15) is 4.79 Å². The van der Waals surface area contributed by atoms with Gasteiger partial charge >= 0.3 is 0 Å². The molecule has 1 heterocycles. The molecule has 0 unspecified atom stereocenters. The molecule has 0 aliphatic heterocycles. The van der Waals surface area contributed by atoms with Gasteiger partial charge in [-0.15, -0.1) is 0 Å². The lowest BCUT2D eigenvalue weighted by Crippen LogP contribution is -2.06. The second-order valence-corrected chi connectivity index (χ2v) is 3.35. The van der Waals surface area contributed by atoms with Gasteiger partial charge in [-0.25, -0.2) is 0 Å². The number of pyridine rings is 1. The number of hydrogen-bond donors (Lipinski definition) is 1. The van der Waals surface area contributed by atoms with E-state index in [1.807, 2.05) is 19.1 Å². The molecule has 0 saturated carbocycles. The Kier molecular flexibility index (Phi) is 2.26. The van der Waals surface area contributed by atoms with Gasteiger partial charge in [-0.1, -0.05) is 13.0 Å². The maximum atomic E-state index is 11.8. The number of aromatic amines is 1. The fourth-order valence-corrected chi connectivity index (χ4v) is 1.65. The molecular weight excluding hydrogens is 188 g/mol. The molecule has 0 bridgehead atoms. The van der Waals surface area contributed by atoms with Crippen LogP contribution in [0.2, 0.25) is 0 Å². The summed E-state index contributed by atoms with van der Waals surface area (Å²) < 4.78 is 0. The number of hydrogen-bond acceptors (Lipinski definition) is 2. The fraction of sp³-hybridized carbons (Fsp3) is 0.167. The molecule has 3 heteroatoms. The summed E-state index contributed by atoms with van der Waals surface area (Å²) >= 11 is 0. The Bertz CT molecular complexity index is 605. The Hall–Kier alpha value is -2.08. The highest BCUT2D eigenvalue weighted by Gasteiger charge is 2.05. The summed E-state index contributed by atoms with van der Waals surface area (Å²) in [5.41, 5.74) is 1.97. The molecule has 0 atom stereocenters. The van der Waals surface area contributed by atoms with Crippen LogP contribution < -0.4 is 5.43 Å². The van der Waals surface area contributed by atoms with Gasteiger partial charge in [-0.05, 0) is 18.6 Å². The van der Waals surface area contributed by atoms with Gasteiger partial charge in [0.05, 0.1) is 22.5 Å². The number of nitrogens with zero attached hydrogens (tertiary/aromatic N) is 1. The molecular formula is C12H10N2O. The predicted octanol–water partition coefficient (Wildman–Crippen LogP) is 1.96. The molecule has 3 nitrogen and oxygen atoms in total. The fourth-order valence-electron chi connectivity index (χ4n) is 1.65. The minimum Gasteiger partial charge on any atom is -0.358 e. The van der Waals surface area contributed by atoms with Crippen LogP contribution in [0.4, 0.5) is 0 Å². The average Bonchev–Trinajstić information content (AvgIpc) is 2.27. The van der Waals surface area contributed by atoms with Crippen LogP contribution >= 0.6 is 0 Å². The van der Waals surface area contributed by atoms with Crippen LogP contribution in [0.1, 0.15) is 18.2 Å². The number of fused-ring (bicyclic) bond motifs is 1. The average molecular weight is 198 g/mol. The lowest BCUT2D eigenvalue weighted by Gasteiger charge is -2.02. The third-order valence-electron chi connectivity index (χ3n) is 2.41. The number of H-pyrrole nitrogens is 1. The minimum absolute atomic E-state index is 0.0854. The zero-order valence-corrected chi connectivity index (χ0v) is 8.37. The van der Waals surface area contributed by atoms with Gasteiger partial charge in [0.25, 0.3) is 0 Å². The van der Waals surface area contributed by atoms with Crippen LogP contribution in [0.15, 0.2) is 29.1 Å². The topological polar surface area (TPSA) is 56.6 Å². The van der Waals surface area contributed by atoms with Crippen LogP contribution in [0.3, 0.4) is 0 Å². The van der Waals surface area contributed by atoms with Crippen molar-refractivity contribution in [1.29, 1.82) is 5.26 Å². The maximum Gasteiger partial charge on any atom is 0.190 e. The van der Waals surface area contributed by atoms with Crippen molar-refractivity contribution in [2.45, 2.75) is 13.3 Å². The molecule has 74 valence electrons. The zero-order valence-electron chi connectivity index (χ0n) is 8.37. The van der Waals surface area contributed by atoms with Gasteiger partial charge in [-0.2, -0.15) is 5.26 Å². The highest BCUT2D eigenvalue weighted by molar-refractivity contribution is 5.84. The molecule has 2 rings (SSSR count). The summed E-state index contributed by atoms with van der Waals surface area (Å²) in [6.07, 6.45) is 0.780. The molecule has 1 N–H and O–H groups in total. The lowest BCUT2D eigenvalue weighted by atomic mass is 10.1. The second-order valence-electron chi connectivity index (χ2n) is 3.35. The molecule has 0 amide bonds. The monoisotopic (exact) mass is 198 g/mol. The summed E-state index contributed by atoms with van der Waals surface area (Å²) in [6, 6.07) is 8.83. The van der Waals surface area contributed by atoms with E-state index < -0.39 is 0 Å². The van der Waals surface area contributed by atoms with Gasteiger partial charge in [0.1, 0.15) is 0 Å². The summed E-state index contributed by atoms with van der Waals surface area (Å²) in [5.74, 6) is 0. The third kappa shape index (κ3) is 1.50. The van der Waals surface area contributed by atoms with Crippen LogP contribution in [0.5, 0.6) is 0 Å². The Morgan fingerprint density at radius 2 is 2.27 bits per heavy atom. The molecule has 0 aliphatic rings. The van der Waals surface area contributed by atoms with Crippen LogP contribution in [0.25, 0.3) is 10.9 Å². The van der Waals surface area contributed by atoms with E-state index in [4.69, 9.17) is 5.26 Å². The Morgan fingerprint density at radius 1 is 1.47 bits per heavy atom. The molecule has 15 heavy (non-hydrogen) atoms. The molecule has 1 aromatic carbocycles. The molecule has 1 aromatic heterocycles. The standard InChI is InChI=1S/C12H10N2O/c1-2-9-6-11(15)12-8(7-13)4-3-5-10(12)14-9/h3-6H,2H2,1H3,(H,14,15). The third-order valence-corrected chi connectivity index (χ3v) is 2.41. The van der Waals surface area contributed by atoms with E-state index >= 15 is 0 Å². The summed E-state index contributed by atoms with van der Waals surface area (Å²) in [5, 5.41) is 9.37. The van der Waals surface area contributed by atoms with Gasteiger partial charge in [-0.3, -0.25) is 4.79 Å². The maximum absolute atomic E-state index is 11.8. The highest BCUT2D eigenvalue weighted by atomic mass is 16.1. The smallest absolute Gasteiger partial charge is 0.190 e. The Labute approximate surface area is 87.0 Å². The first-order valence-corrected chi connectivity index (χ1v) is 4.81. The van der Waals surface area contributed by atoms with Crippen molar-refractivity contribution in [2.75, 3.05) is 0 Å². The first kappa shape index (κ1) is 9.47. The Balaban J connectivity index is 2.92. The number of nitriles is 1.